The third kappa shape index (κ3) is 10.2. The number of alkyl carbamates (subject to hydrolysis) is 1. The number of nitrogens with one attached hydrogen (secondary N) is 2. The van der Waals surface area contributed by atoms with Crippen molar-refractivity contribution in [3.05, 3.63) is 71.0 Å². The maximum absolute atomic E-state index is 14.8. The lowest BCUT2D eigenvalue weighted by molar-refractivity contribution is -0.155. The molecule has 3 fully saturated rings. The summed E-state index contributed by atoms with van der Waals surface area (Å²) in [6.45, 7) is 19.1. The van der Waals surface area contributed by atoms with Gasteiger partial charge in [0, 0.05) is 74.7 Å². The second kappa shape index (κ2) is 19.0. The van der Waals surface area contributed by atoms with E-state index in [-0.39, 0.29) is 19.1 Å². The van der Waals surface area contributed by atoms with Gasteiger partial charge in [-0.25, -0.2) is 14.6 Å². The average Bonchev–Trinajstić information content (AvgIpc) is 3.59. The first kappa shape index (κ1) is 46.4. The van der Waals surface area contributed by atoms with Crippen molar-refractivity contribution < 1.29 is 37.7 Å². The molecule has 2 aromatic carbocycles. The zero-order valence-corrected chi connectivity index (χ0v) is 39.3. The predicted molar refractivity (Wildman–Crippen MR) is 248 cm³/mol. The minimum Gasteiger partial charge on any atom is -0.464 e. The van der Waals surface area contributed by atoms with E-state index >= 15 is 0 Å². The molecule has 6 heterocycles. The molecule has 0 unspecified atom stereocenters. The Morgan fingerprint density at radius 1 is 1.08 bits per heavy atom. The number of carbonyl (C=O) groups is 3. The van der Waals surface area contributed by atoms with E-state index < -0.39 is 47.7 Å². The van der Waals surface area contributed by atoms with Crippen LogP contribution in [0.1, 0.15) is 89.8 Å². The molecule has 0 aliphatic carbocycles. The largest absolute Gasteiger partial charge is 0.464 e. The average molecular weight is 896 g/mol. The number of esters is 1. The minimum absolute atomic E-state index is 0.0525. The number of benzene rings is 2. The highest BCUT2D eigenvalue weighted by molar-refractivity contribution is 5.96. The van der Waals surface area contributed by atoms with Gasteiger partial charge >= 0.3 is 12.1 Å². The first-order valence-electron chi connectivity index (χ1n) is 23.2. The van der Waals surface area contributed by atoms with E-state index in [4.69, 9.17) is 23.9 Å². The molecule has 350 valence electrons. The quantitative estimate of drug-likeness (QED) is 0.183. The number of aryl methyl sites for hydroxylation is 1. The molecule has 3 saturated heterocycles. The Bertz CT molecular complexity index is 2410. The summed E-state index contributed by atoms with van der Waals surface area (Å²) in [4.78, 5) is 51.6. The number of ether oxygens (including phenoxy) is 4. The Morgan fingerprint density at radius 3 is 2.65 bits per heavy atom. The highest BCUT2D eigenvalue weighted by atomic mass is 19.1. The van der Waals surface area contributed by atoms with Crippen molar-refractivity contribution in [1.82, 2.24) is 30.2 Å². The second-order valence-electron chi connectivity index (χ2n) is 19.9. The number of carbonyl (C=O) groups excluding carboxylic acids is 3. The number of aromatic nitrogens is 2. The predicted octanol–water partition coefficient (Wildman–Crippen LogP) is 7.14. The molecule has 4 atom stereocenters. The van der Waals surface area contributed by atoms with Crippen molar-refractivity contribution in [3.63, 3.8) is 0 Å². The fraction of sp³-hybridized carbons (Fsp3) is 0.560. The molecule has 8 rings (SSSR count). The summed E-state index contributed by atoms with van der Waals surface area (Å²) in [6.07, 6.45) is 2.51. The summed E-state index contributed by atoms with van der Waals surface area (Å²) < 4.78 is 40.8. The van der Waals surface area contributed by atoms with Crippen molar-refractivity contribution in [1.29, 1.82) is 0 Å². The van der Waals surface area contributed by atoms with Crippen LogP contribution in [-0.4, -0.2) is 121 Å². The summed E-state index contributed by atoms with van der Waals surface area (Å²) >= 11 is 0. The van der Waals surface area contributed by atoms with E-state index in [2.05, 4.69) is 70.1 Å². The summed E-state index contributed by atoms with van der Waals surface area (Å²) in [5.74, 6) is -0.892. The zero-order chi connectivity index (χ0) is 46.2. The maximum atomic E-state index is 14.8. The van der Waals surface area contributed by atoms with Gasteiger partial charge in [0.1, 0.15) is 24.4 Å². The molecule has 4 aliphatic rings. The Kier molecular flexibility index (Phi) is 13.6. The van der Waals surface area contributed by atoms with E-state index in [1.807, 2.05) is 25.3 Å². The number of hydrogen-bond donors (Lipinski definition) is 2. The number of hydrogen-bond acceptors (Lipinski definition) is 11. The molecule has 0 radical (unpaired) electrons. The molecule has 4 aliphatic heterocycles. The van der Waals surface area contributed by atoms with Crippen LogP contribution in [0, 0.1) is 5.41 Å². The number of nitrogens with zero attached hydrogens (tertiary/aromatic N) is 5. The van der Waals surface area contributed by atoms with Crippen LogP contribution in [0.4, 0.5) is 14.9 Å². The number of pyridine rings is 1. The molecule has 14 nitrogen and oxygen atoms in total. The van der Waals surface area contributed by atoms with Gasteiger partial charge in [0.25, 0.3) is 5.91 Å². The van der Waals surface area contributed by atoms with Crippen LogP contribution in [0.5, 0.6) is 0 Å². The number of anilines is 1. The second-order valence-corrected chi connectivity index (χ2v) is 19.9. The first-order valence-corrected chi connectivity index (χ1v) is 23.2. The van der Waals surface area contributed by atoms with Crippen LogP contribution in [0.2, 0.25) is 0 Å². The molecule has 6 bridgehead atoms. The number of alkyl halides is 1. The van der Waals surface area contributed by atoms with Gasteiger partial charge in [0.05, 0.1) is 55.2 Å². The number of hydrazine groups is 1. The molecule has 2 amide bonds. The Morgan fingerprint density at radius 2 is 1.89 bits per heavy atom. The number of fused-ring (bicyclic) bond motifs is 7. The van der Waals surface area contributed by atoms with Gasteiger partial charge in [0.15, 0.2) is 0 Å². The molecule has 65 heavy (non-hydrogen) atoms. The summed E-state index contributed by atoms with van der Waals surface area (Å²) in [5.41, 5.74) is 10.5. The normalized spacial score (nSPS) is 22.5. The number of amides is 2. The molecular weight excluding hydrogens is 830 g/mol. The fourth-order valence-electron chi connectivity index (χ4n) is 9.87. The number of piperazine rings is 1. The van der Waals surface area contributed by atoms with Crippen LogP contribution >= 0.6 is 0 Å². The number of rotatable bonds is 7. The number of cyclic esters (lactones) is 1. The van der Waals surface area contributed by atoms with Crippen LogP contribution in [0.15, 0.2) is 48.7 Å². The third-order valence-corrected chi connectivity index (χ3v) is 13.2. The number of halogens is 1. The summed E-state index contributed by atoms with van der Waals surface area (Å²) in [7, 11) is 1.71. The van der Waals surface area contributed by atoms with Gasteiger partial charge in [-0.15, -0.1) is 0 Å². The SMILES string of the molecule is CCn1c(-c2cc(N3CCN4CCOC[C@@H]4C3)cnc2[C@H](C)OC)c2c3cc(ccc31)-c1cc(CF)cc(c1)C[C@H](NC(=O)OC(C)(C)C)C(=O)N1CCC[C@H](N1)C(=O)OCC(C)(C)C2. The molecule has 2 N–H and O–H groups in total. The lowest BCUT2D eigenvalue weighted by atomic mass is 9.84. The highest BCUT2D eigenvalue weighted by Crippen LogP contribution is 2.43. The zero-order valence-electron chi connectivity index (χ0n) is 39.3. The van der Waals surface area contributed by atoms with Crippen molar-refractivity contribution in [3.8, 4) is 22.4 Å². The lowest BCUT2D eigenvalue weighted by Gasteiger charge is -2.44. The third-order valence-electron chi connectivity index (χ3n) is 13.2. The van der Waals surface area contributed by atoms with Crippen LogP contribution in [0.25, 0.3) is 33.3 Å². The van der Waals surface area contributed by atoms with E-state index in [0.29, 0.717) is 56.1 Å². The Labute approximate surface area is 382 Å². The minimum atomic E-state index is -1.09. The molecule has 4 aromatic rings. The fourth-order valence-corrected chi connectivity index (χ4v) is 9.87. The standard InChI is InChI=1S/C50H66FN7O7/c1-9-57-43-13-12-34-23-38(43)40(45(57)39-24-36(27-52-44(39)31(2)62-8)56-16-15-55-17-18-63-29-37(55)28-56)25-50(6,7)30-64-47(60)41-11-10-14-58(54-41)46(59)42(53-48(61)65-49(3,4)5)22-32-19-33(26-51)21-35(34)20-32/h12-13,19-21,23-24,27,31,37,41-42,54H,9-11,14-18,22,25-26,28-30H2,1-8H3,(H,53,61)/t31-,37-,41-,42-/m0/s1. The van der Waals surface area contributed by atoms with E-state index in [9.17, 15) is 18.8 Å². The lowest BCUT2D eigenvalue weighted by Crippen LogP contribution is -2.60. The Hall–Kier alpha value is -5.09. The smallest absolute Gasteiger partial charge is 0.408 e. The first-order chi connectivity index (χ1) is 31.0. The van der Waals surface area contributed by atoms with Crippen molar-refractivity contribution in [2.75, 3.05) is 64.6 Å². The molecule has 0 saturated carbocycles. The van der Waals surface area contributed by atoms with Gasteiger partial charge < -0.3 is 33.7 Å². The summed E-state index contributed by atoms with van der Waals surface area (Å²) in [5, 5.41) is 5.21. The Balaban J connectivity index is 1.29. The van der Waals surface area contributed by atoms with E-state index in [0.717, 1.165) is 83.0 Å². The van der Waals surface area contributed by atoms with E-state index in [1.54, 1.807) is 33.9 Å². The van der Waals surface area contributed by atoms with E-state index in [1.165, 1.54) is 5.01 Å². The van der Waals surface area contributed by atoms with Crippen molar-refractivity contribution in [2.45, 2.75) is 117 Å². The molecule has 2 aromatic heterocycles. The van der Waals surface area contributed by atoms with Gasteiger partial charge in [-0.05, 0) is 106 Å². The van der Waals surface area contributed by atoms with Gasteiger partial charge in [-0.3, -0.25) is 24.5 Å². The molecular formula is C50H66FN7O7. The molecule has 15 heteroatoms. The molecule has 0 spiro atoms. The number of methoxy groups -OCH3 is 1. The monoisotopic (exact) mass is 896 g/mol. The highest BCUT2D eigenvalue weighted by Gasteiger charge is 2.37. The number of morpholine rings is 1. The topological polar surface area (TPSA) is 140 Å². The van der Waals surface area contributed by atoms with Gasteiger partial charge in [0.2, 0.25) is 0 Å². The van der Waals surface area contributed by atoms with Crippen molar-refractivity contribution in [2.24, 2.45) is 5.41 Å². The van der Waals surface area contributed by atoms with Crippen LogP contribution in [-0.2, 0) is 54.6 Å². The van der Waals surface area contributed by atoms with Crippen LogP contribution < -0.4 is 15.6 Å². The summed E-state index contributed by atoms with van der Waals surface area (Å²) in [6, 6.07) is 12.6. The van der Waals surface area contributed by atoms with Gasteiger partial charge in [-0.2, -0.15) is 0 Å². The maximum Gasteiger partial charge on any atom is 0.408 e. The van der Waals surface area contributed by atoms with Crippen LogP contribution in [0.3, 0.4) is 0 Å². The van der Waals surface area contributed by atoms with Crippen molar-refractivity contribution >= 4 is 34.6 Å². The van der Waals surface area contributed by atoms with Gasteiger partial charge in [-0.1, -0.05) is 32.0 Å².